The number of thioether (sulfide) groups is 1. The highest BCUT2D eigenvalue weighted by Gasteiger charge is 2.33. The molecular formula is C15H16N3O6S-. The molecule has 2 rings (SSSR count). The Morgan fingerprint density at radius 3 is 2.80 bits per heavy atom. The third-order valence-corrected chi connectivity index (χ3v) is 4.10. The number of hydrogen-bond donors (Lipinski definition) is 2. The van der Waals surface area contributed by atoms with Gasteiger partial charge in [-0.15, -0.1) is 0 Å². The Morgan fingerprint density at radius 2 is 2.16 bits per heavy atom. The van der Waals surface area contributed by atoms with E-state index in [-0.39, 0.29) is 23.4 Å². The first-order valence-corrected chi connectivity index (χ1v) is 8.64. The van der Waals surface area contributed by atoms with Gasteiger partial charge in [-0.05, 0) is 24.5 Å². The smallest absolute Gasteiger partial charge is 0.338 e. The highest BCUT2D eigenvalue weighted by Crippen LogP contribution is 2.32. The van der Waals surface area contributed by atoms with Gasteiger partial charge in [0.15, 0.2) is 0 Å². The zero-order valence-corrected chi connectivity index (χ0v) is 14.3. The van der Waals surface area contributed by atoms with Crippen LogP contribution < -0.4 is 15.7 Å². The van der Waals surface area contributed by atoms with Crippen molar-refractivity contribution in [2.75, 3.05) is 18.6 Å². The van der Waals surface area contributed by atoms with Crippen molar-refractivity contribution in [1.29, 1.82) is 0 Å². The molecule has 0 saturated heterocycles. The lowest BCUT2D eigenvalue weighted by Gasteiger charge is -2.28. The van der Waals surface area contributed by atoms with Crippen LogP contribution in [0.3, 0.4) is 0 Å². The van der Waals surface area contributed by atoms with E-state index in [1.165, 1.54) is 24.8 Å². The molecule has 1 aliphatic rings. The second kappa shape index (κ2) is 7.88. The Hall–Kier alpha value is -2.75. The number of ether oxygens (including phenoxy) is 1. The van der Waals surface area contributed by atoms with Gasteiger partial charge in [0, 0.05) is 17.5 Å². The zero-order chi connectivity index (χ0) is 18.6. The van der Waals surface area contributed by atoms with Gasteiger partial charge in [0.2, 0.25) is 0 Å². The fraction of sp³-hybridized carbons (Fsp3) is 0.333. The number of rotatable bonds is 6. The molecular weight excluding hydrogens is 350 g/mol. The lowest BCUT2D eigenvalue weighted by molar-refractivity contribution is -0.398. The molecule has 10 heteroatoms. The summed E-state index contributed by atoms with van der Waals surface area (Å²) in [6.45, 7) is 1.73. The van der Waals surface area contributed by atoms with Crippen molar-refractivity contribution in [2.24, 2.45) is 0 Å². The largest absolute Gasteiger partial charge is 0.868 e. The van der Waals surface area contributed by atoms with Crippen molar-refractivity contribution in [3.05, 3.63) is 45.1 Å². The highest BCUT2D eigenvalue weighted by molar-refractivity contribution is 7.98. The maximum atomic E-state index is 12.4. The first-order valence-electron chi connectivity index (χ1n) is 7.24. The summed E-state index contributed by atoms with van der Waals surface area (Å²) in [5.74, 6) is -0.782. The molecule has 0 unspecified atom stereocenters. The van der Waals surface area contributed by atoms with E-state index in [4.69, 9.17) is 4.74 Å². The number of allylic oxidation sites excluding steroid dienone is 1. The first-order chi connectivity index (χ1) is 11.8. The standard InChI is InChI=1S/C15H17N3O6S/c1-8-12(14(20)24-5-6-25-2)13(17-15(21)16-8)9-3-4-11(19)10(7-9)18(22)23/h3-4,7,13,19H,5-6H2,1-2H3,(H2,16,17,21)/p-1/t13-/m1/s1. The number of carbonyl (C=O) groups is 2. The SMILES string of the molecule is CSCCOC(=O)C1=C(C)NC(=O)N[C@@H]1c1ccc([O-])c([N+](=O)[O-])c1. The minimum atomic E-state index is -0.949. The predicted molar refractivity (Wildman–Crippen MR) is 89.0 cm³/mol. The minimum Gasteiger partial charge on any atom is -0.868 e. The van der Waals surface area contributed by atoms with Crippen LogP contribution in [0.5, 0.6) is 5.75 Å². The Kier molecular flexibility index (Phi) is 5.86. The maximum absolute atomic E-state index is 12.4. The van der Waals surface area contributed by atoms with Crippen LogP contribution in [0.15, 0.2) is 29.5 Å². The molecule has 25 heavy (non-hydrogen) atoms. The summed E-state index contributed by atoms with van der Waals surface area (Å²) in [6, 6.07) is 1.93. The van der Waals surface area contributed by atoms with Gasteiger partial charge < -0.3 is 20.5 Å². The summed E-state index contributed by atoms with van der Waals surface area (Å²) >= 11 is 1.51. The van der Waals surface area contributed by atoms with Crippen LogP contribution in [0, 0.1) is 10.1 Å². The molecule has 9 nitrogen and oxygen atoms in total. The van der Waals surface area contributed by atoms with Crippen LogP contribution in [-0.4, -0.2) is 35.5 Å². The number of nitro groups is 1. The van der Waals surface area contributed by atoms with Crippen molar-refractivity contribution in [1.82, 2.24) is 10.6 Å². The van der Waals surface area contributed by atoms with Gasteiger partial charge in [-0.3, -0.25) is 10.1 Å². The zero-order valence-electron chi connectivity index (χ0n) is 13.5. The fourth-order valence-electron chi connectivity index (χ4n) is 2.37. The van der Waals surface area contributed by atoms with Crippen LogP contribution in [0.2, 0.25) is 0 Å². The average Bonchev–Trinajstić information content (AvgIpc) is 2.54. The summed E-state index contributed by atoms with van der Waals surface area (Å²) in [5, 5.41) is 27.6. The molecule has 2 amide bonds. The maximum Gasteiger partial charge on any atom is 0.338 e. The number of hydrogen-bond acceptors (Lipinski definition) is 7. The Labute approximate surface area is 147 Å². The van der Waals surface area contributed by atoms with Crippen LogP contribution in [0.1, 0.15) is 18.5 Å². The number of nitrogens with one attached hydrogen (secondary N) is 2. The van der Waals surface area contributed by atoms with Crippen molar-refractivity contribution in [3.8, 4) is 5.75 Å². The van der Waals surface area contributed by atoms with Crippen LogP contribution in [-0.2, 0) is 9.53 Å². The summed E-state index contributed by atoms with van der Waals surface area (Å²) < 4.78 is 5.18. The minimum absolute atomic E-state index is 0.133. The lowest BCUT2D eigenvalue weighted by Crippen LogP contribution is -2.45. The molecule has 134 valence electrons. The van der Waals surface area contributed by atoms with Gasteiger partial charge >= 0.3 is 12.0 Å². The molecule has 1 aromatic carbocycles. The second-order valence-corrected chi connectivity index (χ2v) is 6.17. The van der Waals surface area contributed by atoms with Gasteiger partial charge in [-0.2, -0.15) is 11.8 Å². The molecule has 0 fully saturated rings. The van der Waals surface area contributed by atoms with E-state index in [9.17, 15) is 24.8 Å². The number of nitrogens with zero attached hydrogens (tertiary/aromatic N) is 1. The van der Waals surface area contributed by atoms with Gasteiger partial charge in [-0.25, -0.2) is 9.59 Å². The summed E-state index contributed by atoms with van der Waals surface area (Å²) in [6.07, 6.45) is 1.87. The molecule has 0 spiro atoms. The van der Waals surface area contributed by atoms with Gasteiger partial charge in [0.05, 0.1) is 16.5 Å². The summed E-state index contributed by atoms with van der Waals surface area (Å²) in [7, 11) is 0. The van der Waals surface area contributed by atoms with Crippen molar-refractivity contribution < 1.29 is 24.4 Å². The van der Waals surface area contributed by atoms with E-state index in [0.29, 0.717) is 5.75 Å². The number of carbonyl (C=O) groups excluding carboxylic acids is 2. The number of esters is 1. The molecule has 1 atom stereocenters. The van der Waals surface area contributed by atoms with Gasteiger partial charge in [-0.1, -0.05) is 12.1 Å². The number of benzene rings is 1. The fourth-order valence-corrected chi connectivity index (χ4v) is 2.62. The number of nitro benzene ring substituents is 1. The average molecular weight is 366 g/mol. The normalized spacial score (nSPS) is 16.9. The molecule has 1 heterocycles. The molecule has 0 radical (unpaired) electrons. The van der Waals surface area contributed by atoms with E-state index >= 15 is 0 Å². The predicted octanol–water partition coefficient (Wildman–Crippen LogP) is 1.20. The van der Waals surface area contributed by atoms with E-state index in [2.05, 4.69) is 10.6 Å². The van der Waals surface area contributed by atoms with Gasteiger partial charge in [0.1, 0.15) is 6.61 Å². The molecule has 0 saturated carbocycles. The monoisotopic (exact) mass is 366 g/mol. The third kappa shape index (κ3) is 4.21. The van der Waals surface area contributed by atoms with Crippen LogP contribution >= 0.6 is 11.8 Å². The van der Waals surface area contributed by atoms with Crippen molar-refractivity contribution >= 4 is 29.4 Å². The Morgan fingerprint density at radius 1 is 1.44 bits per heavy atom. The van der Waals surface area contributed by atoms with Crippen molar-refractivity contribution in [2.45, 2.75) is 13.0 Å². The Bertz CT molecular complexity index is 749. The van der Waals surface area contributed by atoms with Gasteiger partial charge in [0.25, 0.3) is 5.69 Å². The van der Waals surface area contributed by atoms with Crippen molar-refractivity contribution in [3.63, 3.8) is 0 Å². The molecule has 0 aliphatic carbocycles. The topological polar surface area (TPSA) is 134 Å². The third-order valence-electron chi connectivity index (χ3n) is 3.52. The highest BCUT2D eigenvalue weighted by atomic mass is 32.2. The van der Waals surface area contributed by atoms with Crippen LogP contribution in [0.25, 0.3) is 0 Å². The number of amides is 2. The molecule has 1 aromatic rings. The Balaban J connectivity index is 2.40. The van der Waals surface area contributed by atoms with E-state index in [0.717, 1.165) is 12.1 Å². The quantitative estimate of drug-likeness (QED) is 0.334. The molecule has 2 N–H and O–H groups in total. The first kappa shape index (κ1) is 18.6. The molecule has 0 aromatic heterocycles. The van der Waals surface area contributed by atoms with E-state index < -0.39 is 34.4 Å². The lowest BCUT2D eigenvalue weighted by atomic mass is 9.95. The molecule has 1 aliphatic heterocycles. The van der Waals surface area contributed by atoms with E-state index in [1.807, 2.05) is 6.26 Å². The summed E-state index contributed by atoms with van der Waals surface area (Å²) in [5.41, 5.74) is 0.0424. The van der Waals surface area contributed by atoms with E-state index in [1.54, 1.807) is 0 Å². The summed E-state index contributed by atoms with van der Waals surface area (Å²) in [4.78, 5) is 34.3. The number of urea groups is 1. The molecule has 0 bridgehead atoms. The van der Waals surface area contributed by atoms with Crippen LogP contribution in [0.4, 0.5) is 10.5 Å². The second-order valence-electron chi connectivity index (χ2n) is 5.18.